The van der Waals surface area contributed by atoms with E-state index in [0.717, 1.165) is 5.56 Å². The predicted octanol–water partition coefficient (Wildman–Crippen LogP) is 1.42. The first-order valence-corrected chi connectivity index (χ1v) is 6.33. The number of aliphatic hydroxyl groups is 1. The van der Waals surface area contributed by atoms with Gasteiger partial charge >= 0.3 is 0 Å². The van der Waals surface area contributed by atoms with Gasteiger partial charge in [0.05, 0.1) is 6.10 Å². The standard InChI is InChI=1S/C14H20N2O2/c1-9-8-16(7-6-13(9)17)14(18)11-4-3-5-12(15)10(11)2/h3-5,9,13,17H,6-8,15H2,1-2H3. The molecular weight excluding hydrogens is 228 g/mol. The van der Waals surface area contributed by atoms with Crippen molar-refractivity contribution >= 4 is 11.6 Å². The van der Waals surface area contributed by atoms with E-state index >= 15 is 0 Å². The maximum Gasteiger partial charge on any atom is 0.254 e. The zero-order valence-electron chi connectivity index (χ0n) is 10.9. The van der Waals surface area contributed by atoms with Crippen molar-refractivity contribution in [2.75, 3.05) is 18.8 Å². The van der Waals surface area contributed by atoms with Crippen LogP contribution in [0.1, 0.15) is 29.3 Å². The van der Waals surface area contributed by atoms with Crippen molar-refractivity contribution in [3.63, 3.8) is 0 Å². The number of benzene rings is 1. The molecule has 1 aromatic carbocycles. The van der Waals surface area contributed by atoms with E-state index < -0.39 is 0 Å². The zero-order chi connectivity index (χ0) is 13.3. The highest BCUT2D eigenvalue weighted by Crippen LogP contribution is 2.22. The van der Waals surface area contributed by atoms with Gasteiger partial charge < -0.3 is 15.7 Å². The molecule has 2 unspecified atom stereocenters. The lowest BCUT2D eigenvalue weighted by Crippen LogP contribution is -2.45. The lowest BCUT2D eigenvalue weighted by atomic mass is 9.95. The van der Waals surface area contributed by atoms with Crippen molar-refractivity contribution in [2.45, 2.75) is 26.4 Å². The molecule has 1 amide bonds. The minimum atomic E-state index is -0.295. The second kappa shape index (κ2) is 4.98. The summed E-state index contributed by atoms with van der Waals surface area (Å²) in [4.78, 5) is 14.2. The summed E-state index contributed by atoms with van der Waals surface area (Å²) in [5.41, 5.74) is 7.97. The number of nitrogens with two attached hydrogens (primary N) is 1. The fourth-order valence-corrected chi connectivity index (χ4v) is 2.37. The average molecular weight is 248 g/mol. The first-order chi connectivity index (χ1) is 8.50. The van der Waals surface area contributed by atoms with Crippen molar-refractivity contribution in [3.05, 3.63) is 29.3 Å². The highest BCUT2D eigenvalue weighted by molar-refractivity contribution is 5.97. The molecule has 1 aliphatic rings. The third-order valence-electron chi connectivity index (χ3n) is 3.75. The second-order valence-corrected chi connectivity index (χ2v) is 5.10. The smallest absolute Gasteiger partial charge is 0.254 e. The van der Waals surface area contributed by atoms with Gasteiger partial charge in [-0.2, -0.15) is 0 Å². The van der Waals surface area contributed by atoms with Gasteiger partial charge in [-0.15, -0.1) is 0 Å². The molecule has 1 heterocycles. The van der Waals surface area contributed by atoms with Crippen molar-refractivity contribution in [2.24, 2.45) is 5.92 Å². The van der Waals surface area contributed by atoms with Crippen molar-refractivity contribution in [1.29, 1.82) is 0 Å². The highest BCUT2D eigenvalue weighted by atomic mass is 16.3. The Morgan fingerprint density at radius 1 is 1.50 bits per heavy atom. The average Bonchev–Trinajstić information content (AvgIpc) is 2.35. The predicted molar refractivity (Wildman–Crippen MR) is 71.3 cm³/mol. The maximum atomic E-state index is 12.4. The van der Waals surface area contributed by atoms with Crippen molar-refractivity contribution in [1.82, 2.24) is 4.90 Å². The number of hydrogen-bond acceptors (Lipinski definition) is 3. The number of nitrogens with zero attached hydrogens (tertiary/aromatic N) is 1. The minimum Gasteiger partial charge on any atom is -0.398 e. The Morgan fingerprint density at radius 3 is 2.89 bits per heavy atom. The third-order valence-corrected chi connectivity index (χ3v) is 3.75. The number of carbonyl (C=O) groups excluding carboxylic acids is 1. The van der Waals surface area contributed by atoms with Crippen molar-refractivity contribution in [3.8, 4) is 0 Å². The van der Waals surface area contributed by atoms with Gasteiger partial charge in [-0.3, -0.25) is 4.79 Å². The quantitative estimate of drug-likeness (QED) is 0.739. The number of hydrogen-bond donors (Lipinski definition) is 2. The first-order valence-electron chi connectivity index (χ1n) is 6.33. The van der Waals surface area contributed by atoms with Crippen LogP contribution in [0.4, 0.5) is 5.69 Å². The maximum absolute atomic E-state index is 12.4. The van der Waals surface area contributed by atoms with Crippen LogP contribution in [0.15, 0.2) is 18.2 Å². The van der Waals surface area contributed by atoms with E-state index in [2.05, 4.69) is 0 Å². The number of piperidine rings is 1. The Morgan fingerprint density at radius 2 is 2.22 bits per heavy atom. The van der Waals surface area contributed by atoms with Crippen LogP contribution in [0.3, 0.4) is 0 Å². The van der Waals surface area contributed by atoms with E-state index in [9.17, 15) is 9.90 Å². The summed E-state index contributed by atoms with van der Waals surface area (Å²) >= 11 is 0. The first kappa shape index (κ1) is 12.9. The van der Waals surface area contributed by atoms with Gasteiger partial charge in [0.25, 0.3) is 5.91 Å². The Labute approximate surface area is 107 Å². The molecule has 0 aliphatic carbocycles. The van der Waals surface area contributed by atoms with Gasteiger partial charge in [0, 0.05) is 24.3 Å². The van der Waals surface area contributed by atoms with E-state index in [0.29, 0.717) is 30.8 Å². The molecule has 2 rings (SSSR count). The summed E-state index contributed by atoms with van der Waals surface area (Å²) in [6.45, 7) is 5.05. The molecule has 0 aromatic heterocycles. The summed E-state index contributed by atoms with van der Waals surface area (Å²) in [5, 5.41) is 9.69. The molecule has 18 heavy (non-hydrogen) atoms. The molecule has 0 spiro atoms. The molecule has 1 saturated heterocycles. The van der Waals surface area contributed by atoms with Gasteiger partial charge in [-0.05, 0) is 37.0 Å². The molecule has 1 aliphatic heterocycles. The molecule has 1 aromatic rings. The van der Waals surface area contributed by atoms with Crippen LogP contribution in [-0.4, -0.2) is 35.1 Å². The Bertz CT molecular complexity index is 459. The molecule has 0 saturated carbocycles. The van der Waals surface area contributed by atoms with Crippen LogP contribution in [0.2, 0.25) is 0 Å². The van der Waals surface area contributed by atoms with Gasteiger partial charge in [0.2, 0.25) is 0 Å². The molecule has 0 bridgehead atoms. The zero-order valence-corrected chi connectivity index (χ0v) is 10.9. The number of carbonyl (C=O) groups is 1. The topological polar surface area (TPSA) is 66.6 Å². The van der Waals surface area contributed by atoms with Crippen LogP contribution in [-0.2, 0) is 0 Å². The van der Waals surface area contributed by atoms with Gasteiger partial charge in [0.1, 0.15) is 0 Å². The Kier molecular flexibility index (Phi) is 3.57. The number of nitrogen functional groups attached to an aromatic ring is 1. The molecule has 4 heteroatoms. The Hall–Kier alpha value is -1.55. The lowest BCUT2D eigenvalue weighted by molar-refractivity contribution is 0.0297. The summed E-state index contributed by atoms with van der Waals surface area (Å²) in [6, 6.07) is 5.41. The number of aliphatic hydroxyl groups excluding tert-OH is 1. The van der Waals surface area contributed by atoms with E-state index in [1.165, 1.54) is 0 Å². The summed E-state index contributed by atoms with van der Waals surface area (Å²) in [5.74, 6) is 0.141. The number of anilines is 1. The minimum absolute atomic E-state index is 0.0125. The van der Waals surface area contributed by atoms with Crippen molar-refractivity contribution < 1.29 is 9.90 Å². The van der Waals surface area contributed by atoms with E-state index in [1.807, 2.05) is 19.9 Å². The molecule has 0 radical (unpaired) electrons. The van der Waals surface area contributed by atoms with E-state index in [4.69, 9.17) is 5.73 Å². The van der Waals surface area contributed by atoms with Gasteiger partial charge in [-0.1, -0.05) is 13.0 Å². The van der Waals surface area contributed by atoms with Crippen LogP contribution >= 0.6 is 0 Å². The lowest BCUT2D eigenvalue weighted by Gasteiger charge is -2.34. The van der Waals surface area contributed by atoms with Crippen LogP contribution in [0, 0.1) is 12.8 Å². The van der Waals surface area contributed by atoms with Crippen LogP contribution < -0.4 is 5.73 Å². The normalized spacial score (nSPS) is 24.1. The SMILES string of the molecule is Cc1c(N)cccc1C(=O)N1CCC(O)C(C)C1. The molecule has 4 nitrogen and oxygen atoms in total. The van der Waals surface area contributed by atoms with Gasteiger partial charge in [0.15, 0.2) is 0 Å². The molecule has 98 valence electrons. The van der Waals surface area contributed by atoms with Crippen LogP contribution in [0.5, 0.6) is 0 Å². The highest BCUT2D eigenvalue weighted by Gasteiger charge is 2.28. The number of amides is 1. The van der Waals surface area contributed by atoms with E-state index in [1.54, 1.807) is 17.0 Å². The second-order valence-electron chi connectivity index (χ2n) is 5.10. The largest absolute Gasteiger partial charge is 0.398 e. The number of likely N-dealkylation sites (tertiary alicyclic amines) is 1. The third kappa shape index (κ3) is 2.34. The summed E-state index contributed by atoms with van der Waals surface area (Å²) < 4.78 is 0. The molecule has 1 fully saturated rings. The summed E-state index contributed by atoms with van der Waals surface area (Å²) in [6.07, 6.45) is 0.352. The monoisotopic (exact) mass is 248 g/mol. The van der Waals surface area contributed by atoms with Crippen LogP contribution in [0.25, 0.3) is 0 Å². The number of rotatable bonds is 1. The molecule has 3 N–H and O–H groups in total. The van der Waals surface area contributed by atoms with E-state index in [-0.39, 0.29) is 17.9 Å². The fourth-order valence-electron chi connectivity index (χ4n) is 2.37. The Balaban J connectivity index is 2.19. The van der Waals surface area contributed by atoms with Gasteiger partial charge in [-0.25, -0.2) is 0 Å². The molecule has 2 atom stereocenters. The summed E-state index contributed by atoms with van der Waals surface area (Å²) in [7, 11) is 0. The fraction of sp³-hybridized carbons (Fsp3) is 0.500. The molecular formula is C14H20N2O2.